The minimum absolute atomic E-state index is 0.0491. The van der Waals surface area contributed by atoms with E-state index in [2.05, 4.69) is 20.5 Å². The molecule has 1 amide bonds. The zero-order chi connectivity index (χ0) is 16.9. The quantitative estimate of drug-likeness (QED) is 0.767. The van der Waals surface area contributed by atoms with Crippen LogP contribution in [0.25, 0.3) is 10.6 Å². The van der Waals surface area contributed by atoms with Crippen LogP contribution in [0, 0.1) is 0 Å². The largest absolute Gasteiger partial charge is 0.489 e. The van der Waals surface area contributed by atoms with E-state index in [-0.39, 0.29) is 17.7 Å². The van der Waals surface area contributed by atoms with E-state index in [1.807, 2.05) is 44.2 Å². The molecule has 2 aromatic heterocycles. The van der Waals surface area contributed by atoms with Crippen molar-refractivity contribution in [3.8, 4) is 16.3 Å². The highest BCUT2D eigenvalue weighted by atomic mass is 32.1. The normalized spacial score (nSPS) is 10.6. The van der Waals surface area contributed by atoms with Crippen molar-refractivity contribution in [1.29, 1.82) is 0 Å². The van der Waals surface area contributed by atoms with Crippen molar-refractivity contribution in [2.45, 2.75) is 20.0 Å². The maximum Gasteiger partial charge on any atom is 0.279 e. The molecule has 1 aromatic carbocycles. The fraction of sp³-hybridized carbons (Fsp3) is 0.176. The van der Waals surface area contributed by atoms with Crippen molar-refractivity contribution in [2.75, 3.05) is 5.32 Å². The lowest BCUT2D eigenvalue weighted by atomic mass is 10.2. The Kier molecular flexibility index (Phi) is 4.81. The molecule has 1 N–H and O–H groups in total. The number of benzene rings is 1. The molecule has 3 aromatic rings. The van der Waals surface area contributed by atoms with E-state index in [4.69, 9.17) is 4.74 Å². The number of amides is 1. The molecule has 0 saturated heterocycles. The van der Waals surface area contributed by atoms with Crippen LogP contribution in [0.2, 0.25) is 0 Å². The Morgan fingerprint density at radius 3 is 2.67 bits per heavy atom. The molecule has 24 heavy (non-hydrogen) atoms. The summed E-state index contributed by atoms with van der Waals surface area (Å²) in [5.74, 6) is 0.0693. The van der Waals surface area contributed by atoms with Crippen LogP contribution >= 0.6 is 11.3 Å². The first-order chi connectivity index (χ1) is 11.6. The molecule has 0 radical (unpaired) electrons. The lowest BCUT2D eigenvalue weighted by Gasteiger charge is -2.12. The van der Waals surface area contributed by atoms with Gasteiger partial charge in [-0.2, -0.15) is 0 Å². The molecule has 2 heterocycles. The highest BCUT2D eigenvalue weighted by molar-refractivity contribution is 7.18. The number of hydrogen-bond acceptors (Lipinski definition) is 6. The van der Waals surface area contributed by atoms with Crippen molar-refractivity contribution in [2.24, 2.45) is 0 Å². The summed E-state index contributed by atoms with van der Waals surface area (Å²) in [5.41, 5.74) is 1.18. The van der Waals surface area contributed by atoms with Gasteiger partial charge in [-0.1, -0.05) is 41.7 Å². The number of nitrogens with zero attached hydrogens (tertiary/aromatic N) is 3. The van der Waals surface area contributed by atoms with Crippen molar-refractivity contribution in [1.82, 2.24) is 15.2 Å². The smallest absolute Gasteiger partial charge is 0.279 e. The van der Waals surface area contributed by atoms with Crippen LogP contribution in [-0.4, -0.2) is 27.2 Å². The Labute approximate surface area is 143 Å². The number of aromatic nitrogens is 3. The minimum Gasteiger partial charge on any atom is -0.489 e. The van der Waals surface area contributed by atoms with Crippen LogP contribution in [-0.2, 0) is 0 Å². The van der Waals surface area contributed by atoms with E-state index in [1.165, 1.54) is 11.3 Å². The number of ether oxygens (including phenoxy) is 1. The van der Waals surface area contributed by atoms with Crippen LogP contribution in [0.1, 0.15) is 24.3 Å². The van der Waals surface area contributed by atoms with Gasteiger partial charge in [0.1, 0.15) is 5.01 Å². The molecule has 0 aliphatic rings. The summed E-state index contributed by atoms with van der Waals surface area (Å²) in [4.78, 5) is 16.6. The third-order valence-electron chi connectivity index (χ3n) is 3.01. The second-order valence-electron chi connectivity index (χ2n) is 5.25. The Balaban J connectivity index is 1.78. The van der Waals surface area contributed by atoms with Crippen LogP contribution in [0.15, 0.2) is 48.7 Å². The Bertz CT molecular complexity index is 833. The first kappa shape index (κ1) is 16.1. The Hall–Kier alpha value is -2.80. The van der Waals surface area contributed by atoms with Crippen molar-refractivity contribution < 1.29 is 9.53 Å². The molecule has 6 nitrogen and oxygen atoms in total. The van der Waals surface area contributed by atoms with E-state index < -0.39 is 0 Å². The lowest BCUT2D eigenvalue weighted by Crippen LogP contribution is -2.17. The first-order valence-corrected chi connectivity index (χ1v) is 8.27. The molecule has 0 atom stereocenters. The van der Waals surface area contributed by atoms with Gasteiger partial charge in [0.15, 0.2) is 11.4 Å². The SMILES string of the molecule is CC(C)Oc1cccnc1C(=O)Nc1nnc(-c2ccccc2)s1. The average molecular weight is 340 g/mol. The van der Waals surface area contributed by atoms with E-state index in [1.54, 1.807) is 18.3 Å². The van der Waals surface area contributed by atoms with Crippen molar-refractivity contribution in [3.63, 3.8) is 0 Å². The summed E-state index contributed by atoms with van der Waals surface area (Å²) in [6.07, 6.45) is 1.50. The van der Waals surface area contributed by atoms with Gasteiger partial charge in [0.05, 0.1) is 6.10 Å². The minimum atomic E-state index is -0.373. The van der Waals surface area contributed by atoms with Crippen LogP contribution in [0.4, 0.5) is 5.13 Å². The fourth-order valence-electron chi connectivity index (χ4n) is 2.04. The number of carbonyl (C=O) groups is 1. The summed E-state index contributed by atoms with van der Waals surface area (Å²) in [6.45, 7) is 3.79. The molecular weight excluding hydrogens is 324 g/mol. The molecule has 0 bridgehead atoms. The summed E-state index contributed by atoms with van der Waals surface area (Å²) >= 11 is 1.31. The van der Waals surface area contributed by atoms with Gasteiger partial charge in [-0.3, -0.25) is 10.1 Å². The molecule has 0 aliphatic carbocycles. The summed E-state index contributed by atoms with van der Waals surface area (Å²) in [5, 5.41) is 12.0. The zero-order valence-electron chi connectivity index (χ0n) is 13.3. The topological polar surface area (TPSA) is 77.0 Å². The third-order valence-corrected chi connectivity index (χ3v) is 3.90. The third kappa shape index (κ3) is 3.75. The monoisotopic (exact) mass is 340 g/mol. The van der Waals surface area contributed by atoms with Gasteiger partial charge < -0.3 is 4.74 Å². The average Bonchev–Trinajstić information content (AvgIpc) is 3.04. The molecule has 0 aliphatic heterocycles. The van der Waals surface area contributed by atoms with Crippen molar-refractivity contribution >= 4 is 22.4 Å². The summed E-state index contributed by atoms with van der Waals surface area (Å²) < 4.78 is 5.62. The molecule has 0 unspecified atom stereocenters. The van der Waals surface area contributed by atoms with E-state index in [9.17, 15) is 4.79 Å². The molecular formula is C17H16N4O2S. The van der Waals surface area contributed by atoms with E-state index >= 15 is 0 Å². The molecule has 0 spiro atoms. The van der Waals surface area contributed by atoms with E-state index in [0.29, 0.717) is 10.9 Å². The van der Waals surface area contributed by atoms with Gasteiger partial charge in [-0.25, -0.2) is 4.98 Å². The van der Waals surface area contributed by atoms with E-state index in [0.717, 1.165) is 10.6 Å². The van der Waals surface area contributed by atoms with Gasteiger partial charge >= 0.3 is 0 Å². The zero-order valence-corrected chi connectivity index (χ0v) is 14.1. The maximum atomic E-state index is 12.4. The standard InChI is InChI=1S/C17H16N4O2S/c1-11(2)23-13-9-6-10-18-14(13)15(22)19-17-21-20-16(24-17)12-7-4-3-5-8-12/h3-11H,1-2H3,(H,19,21,22). The van der Waals surface area contributed by atoms with Gasteiger partial charge in [-0.05, 0) is 26.0 Å². The second-order valence-corrected chi connectivity index (χ2v) is 6.23. The lowest BCUT2D eigenvalue weighted by molar-refractivity contribution is 0.101. The van der Waals surface area contributed by atoms with Gasteiger partial charge in [0.25, 0.3) is 5.91 Å². The maximum absolute atomic E-state index is 12.4. The highest BCUT2D eigenvalue weighted by Gasteiger charge is 2.17. The van der Waals surface area contributed by atoms with Crippen LogP contribution in [0.3, 0.4) is 0 Å². The predicted molar refractivity (Wildman–Crippen MR) is 93.3 cm³/mol. The number of anilines is 1. The number of hydrogen-bond donors (Lipinski definition) is 1. The van der Waals surface area contributed by atoms with Gasteiger partial charge in [0, 0.05) is 11.8 Å². The molecule has 0 fully saturated rings. The number of rotatable bonds is 5. The second kappa shape index (κ2) is 7.18. The van der Waals surface area contributed by atoms with Crippen LogP contribution < -0.4 is 10.1 Å². The van der Waals surface area contributed by atoms with Gasteiger partial charge in [0.2, 0.25) is 5.13 Å². The van der Waals surface area contributed by atoms with Crippen LogP contribution in [0.5, 0.6) is 5.75 Å². The summed E-state index contributed by atoms with van der Waals surface area (Å²) in [7, 11) is 0. The Morgan fingerprint density at radius 2 is 1.92 bits per heavy atom. The summed E-state index contributed by atoms with van der Waals surface area (Å²) in [6, 6.07) is 13.1. The molecule has 0 saturated carbocycles. The number of carbonyl (C=O) groups excluding carboxylic acids is 1. The molecule has 122 valence electrons. The highest BCUT2D eigenvalue weighted by Crippen LogP contribution is 2.27. The fourth-order valence-corrected chi connectivity index (χ4v) is 2.78. The molecule has 3 rings (SSSR count). The predicted octanol–water partition coefficient (Wildman–Crippen LogP) is 3.64. The number of pyridine rings is 1. The molecule has 7 heteroatoms. The number of nitrogens with one attached hydrogen (secondary N) is 1. The first-order valence-electron chi connectivity index (χ1n) is 7.45. The van der Waals surface area contributed by atoms with Gasteiger partial charge in [-0.15, -0.1) is 10.2 Å². The van der Waals surface area contributed by atoms with Crippen molar-refractivity contribution in [3.05, 3.63) is 54.4 Å². The Morgan fingerprint density at radius 1 is 1.12 bits per heavy atom.